The van der Waals surface area contributed by atoms with Crippen molar-refractivity contribution in [3.63, 3.8) is 0 Å². The Morgan fingerprint density at radius 2 is 1.63 bits per heavy atom. The minimum Gasteiger partial charge on any atom is -0.467 e. The van der Waals surface area contributed by atoms with Gasteiger partial charge in [-0.15, -0.1) is 0 Å². The van der Waals surface area contributed by atoms with Crippen LogP contribution in [0.1, 0.15) is 17.5 Å². The zero-order chi connectivity index (χ0) is 19.1. The summed E-state index contributed by atoms with van der Waals surface area (Å²) in [5, 5.41) is 5.02. The number of esters is 1. The molecule has 3 aromatic carbocycles. The third-order valence-electron chi connectivity index (χ3n) is 4.61. The molecule has 1 N–H and O–H groups in total. The zero-order valence-corrected chi connectivity index (χ0v) is 15.4. The lowest BCUT2D eigenvalue weighted by atomic mass is 9.98. The van der Waals surface area contributed by atoms with Crippen molar-refractivity contribution in [2.75, 3.05) is 7.11 Å². The van der Waals surface area contributed by atoms with E-state index < -0.39 is 12.0 Å². The minimum atomic E-state index is -0.705. The van der Waals surface area contributed by atoms with Crippen molar-refractivity contribution in [1.29, 1.82) is 0 Å². The number of methoxy groups -OCH3 is 1. The first-order valence-electron chi connectivity index (χ1n) is 9.05. The van der Waals surface area contributed by atoms with Crippen molar-refractivity contribution >= 4 is 22.6 Å². The molecule has 0 saturated carbocycles. The summed E-state index contributed by atoms with van der Waals surface area (Å²) in [6, 6.07) is 23.1. The summed E-state index contributed by atoms with van der Waals surface area (Å²) in [5.41, 5.74) is 2.10. The molecule has 0 aromatic heterocycles. The maximum absolute atomic E-state index is 12.4. The van der Waals surface area contributed by atoms with E-state index in [1.807, 2.05) is 72.8 Å². The van der Waals surface area contributed by atoms with Gasteiger partial charge in [0, 0.05) is 12.8 Å². The molecule has 1 atom stereocenters. The Bertz CT molecular complexity index is 916. The fourth-order valence-electron chi connectivity index (χ4n) is 3.19. The van der Waals surface area contributed by atoms with Crippen LogP contribution in [0.25, 0.3) is 10.8 Å². The lowest BCUT2D eigenvalue weighted by Crippen LogP contribution is -2.43. The summed E-state index contributed by atoms with van der Waals surface area (Å²) < 4.78 is 4.91. The topological polar surface area (TPSA) is 55.4 Å². The Kier molecular flexibility index (Phi) is 6.21. The monoisotopic (exact) mass is 361 g/mol. The van der Waals surface area contributed by atoms with Gasteiger partial charge < -0.3 is 10.1 Å². The van der Waals surface area contributed by atoms with Gasteiger partial charge in [-0.2, -0.15) is 0 Å². The van der Waals surface area contributed by atoms with Crippen molar-refractivity contribution in [3.8, 4) is 0 Å². The van der Waals surface area contributed by atoms with Crippen LogP contribution in [0, 0.1) is 0 Å². The first-order chi connectivity index (χ1) is 13.2. The SMILES string of the molecule is COC(=O)[C@H](Cc1cccc2ccccc12)NC(=O)CCc1ccccc1. The second-order valence-electron chi connectivity index (χ2n) is 6.47. The van der Waals surface area contributed by atoms with Crippen LogP contribution in [0.3, 0.4) is 0 Å². The molecule has 3 rings (SSSR count). The molecule has 0 fully saturated rings. The van der Waals surface area contributed by atoms with Crippen LogP contribution in [0.5, 0.6) is 0 Å². The Hall–Kier alpha value is -3.14. The smallest absolute Gasteiger partial charge is 0.328 e. The third-order valence-corrected chi connectivity index (χ3v) is 4.61. The van der Waals surface area contributed by atoms with Gasteiger partial charge in [-0.3, -0.25) is 4.79 Å². The van der Waals surface area contributed by atoms with Gasteiger partial charge in [-0.25, -0.2) is 4.79 Å². The van der Waals surface area contributed by atoms with Crippen LogP contribution >= 0.6 is 0 Å². The number of ether oxygens (including phenoxy) is 1. The van der Waals surface area contributed by atoms with Gasteiger partial charge in [-0.1, -0.05) is 72.8 Å². The molecule has 0 bridgehead atoms. The summed E-state index contributed by atoms with van der Waals surface area (Å²) in [6.45, 7) is 0. The number of nitrogens with one attached hydrogen (secondary N) is 1. The number of hydrogen-bond acceptors (Lipinski definition) is 3. The molecular weight excluding hydrogens is 338 g/mol. The van der Waals surface area contributed by atoms with Gasteiger partial charge in [0.15, 0.2) is 0 Å². The molecule has 0 aliphatic heterocycles. The maximum atomic E-state index is 12.4. The number of benzene rings is 3. The van der Waals surface area contributed by atoms with Crippen LogP contribution in [-0.4, -0.2) is 25.0 Å². The van der Waals surface area contributed by atoms with Gasteiger partial charge in [0.2, 0.25) is 5.91 Å². The molecule has 3 aromatic rings. The third kappa shape index (κ3) is 4.94. The van der Waals surface area contributed by atoms with E-state index in [1.165, 1.54) is 7.11 Å². The molecule has 0 saturated heterocycles. The predicted octanol–water partition coefficient (Wildman–Crippen LogP) is 3.67. The molecule has 0 aliphatic carbocycles. The van der Waals surface area contributed by atoms with Gasteiger partial charge in [-0.05, 0) is 28.3 Å². The highest BCUT2D eigenvalue weighted by Crippen LogP contribution is 2.20. The number of aryl methyl sites for hydroxylation is 1. The molecule has 0 aliphatic rings. The van der Waals surface area contributed by atoms with Crippen molar-refractivity contribution < 1.29 is 14.3 Å². The summed E-state index contributed by atoms with van der Waals surface area (Å²) in [7, 11) is 1.34. The molecule has 0 unspecified atom stereocenters. The Balaban J connectivity index is 1.70. The molecule has 4 heteroatoms. The van der Waals surface area contributed by atoms with Crippen LogP contribution in [-0.2, 0) is 27.2 Å². The molecular formula is C23H23NO3. The predicted molar refractivity (Wildman–Crippen MR) is 106 cm³/mol. The maximum Gasteiger partial charge on any atom is 0.328 e. The number of amides is 1. The quantitative estimate of drug-likeness (QED) is 0.653. The highest BCUT2D eigenvalue weighted by Gasteiger charge is 2.22. The summed E-state index contributed by atoms with van der Waals surface area (Å²) in [6.07, 6.45) is 1.35. The van der Waals surface area contributed by atoms with Gasteiger partial charge in [0.1, 0.15) is 6.04 Å². The van der Waals surface area contributed by atoms with Crippen molar-refractivity contribution in [2.45, 2.75) is 25.3 Å². The normalized spacial score (nSPS) is 11.7. The average Bonchev–Trinajstić information content (AvgIpc) is 2.72. The van der Waals surface area contributed by atoms with Gasteiger partial charge >= 0.3 is 5.97 Å². The van der Waals surface area contributed by atoms with Crippen LogP contribution in [0.4, 0.5) is 0 Å². The second kappa shape index (κ2) is 8.99. The van der Waals surface area contributed by atoms with E-state index in [9.17, 15) is 9.59 Å². The Morgan fingerprint density at radius 3 is 2.41 bits per heavy atom. The lowest BCUT2D eigenvalue weighted by molar-refractivity contribution is -0.145. The summed E-state index contributed by atoms with van der Waals surface area (Å²) >= 11 is 0. The van der Waals surface area contributed by atoms with Crippen molar-refractivity contribution in [1.82, 2.24) is 5.32 Å². The van der Waals surface area contributed by atoms with E-state index in [0.29, 0.717) is 19.3 Å². The molecule has 138 valence electrons. The standard InChI is InChI=1S/C23H23NO3/c1-27-23(26)21(24-22(25)15-14-17-8-3-2-4-9-17)16-19-12-7-11-18-10-5-6-13-20(18)19/h2-13,21H,14-16H2,1H3,(H,24,25)/t21-/m0/s1. The fraction of sp³-hybridized carbons (Fsp3) is 0.217. The summed E-state index contributed by atoms with van der Waals surface area (Å²) in [4.78, 5) is 24.6. The van der Waals surface area contributed by atoms with Crippen molar-refractivity contribution in [3.05, 3.63) is 83.9 Å². The van der Waals surface area contributed by atoms with Gasteiger partial charge in [0.05, 0.1) is 7.11 Å². The Morgan fingerprint density at radius 1 is 0.926 bits per heavy atom. The van der Waals surface area contributed by atoms with Crippen LogP contribution in [0.2, 0.25) is 0 Å². The lowest BCUT2D eigenvalue weighted by Gasteiger charge is -2.18. The largest absolute Gasteiger partial charge is 0.467 e. The molecule has 0 radical (unpaired) electrons. The molecule has 27 heavy (non-hydrogen) atoms. The van der Waals surface area contributed by atoms with E-state index in [1.54, 1.807) is 0 Å². The molecule has 1 amide bonds. The molecule has 4 nitrogen and oxygen atoms in total. The minimum absolute atomic E-state index is 0.158. The highest BCUT2D eigenvalue weighted by molar-refractivity contribution is 5.88. The van der Waals surface area contributed by atoms with E-state index in [2.05, 4.69) is 5.32 Å². The van der Waals surface area contributed by atoms with Gasteiger partial charge in [0.25, 0.3) is 0 Å². The Labute approximate surface area is 159 Å². The number of hydrogen-bond donors (Lipinski definition) is 1. The second-order valence-corrected chi connectivity index (χ2v) is 6.47. The fourth-order valence-corrected chi connectivity index (χ4v) is 3.19. The van der Waals surface area contributed by atoms with Crippen molar-refractivity contribution in [2.24, 2.45) is 0 Å². The molecule has 0 heterocycles. The number of carbonyl (C=O) groups is 2. The first-order valence-corrected chi connectivity index (χ1v) is 9.05. The summed E-state index contributed by atoms with van der Waals surface area (Å²) in [5.74, 6) is -0.592. The highest BCUT2D eigenvalue weighted by atomic mass is 16.5. The first kappa shape index (κ1) is 18.6. The van der Waals surface area contributed by atoms with Crippen LogP contribution in [0.15, 0.2) is 72.8 Å². The van der Waals surface area contributed by atoms with E-state index in [0.717, 1.165) is 21.9 Å². The van der Waals surface area contributed by atoms with E-state index in [4.69, 9.17) is 4.74 Å². The average molecular weight is 361 g/mol. The zero-order valence-electron chi connectivity index (χ0n) is 15.4. The van der Waals surface area contributed by atoms with E-state index in [-0.39, 0.29) is 5.91 Å². The van der Waals surface area contributed by atoms with E-state index >= 15 is 0 Å². The number of rotatable bonds is 7. The number of carbonyl (C=O) groups excluding carboxylic acids is 2. The number of fused-ring (bicyclic) bond motifs is 1. The molecule has 0 spiro atoms. The van der Waals surface area contributed by atoms with Crippen LogP contribution < -0.4 is 5.32 Å².